The minimum atomic E-state index is -0.469. The van der Waals surface area contributed by atoms with Gasteiger partial charge in [0, 0.05) is 26.2 Å². The Morgan fingerprint density at radius 3 is 2.68 bits per heavy atom. The molecule has 0 aliphatic carbocycles. The molecule has 5 nitrogen and oxygen atoms in total. The van der Waals surface area contributed by atoms with Gasteiger partial charge in [-0.05, 0) is 39.0 Å². The van der Waals surface area contributed by atoms with Gasteiger partial charge in [-0.3, -0.25) is 4.79 Å². The van der Waals surface area contributed by atoms with E-state index in [1.54, 1.807) is 0 Å². The van der Waals surface area contributed by atoms with Gasteiger partial charge in [0.2, 0.25) is 0 Å². The molecule has 0 aromatic carbocycles. The summed E-state index contributed by atoms with van der Waals surface area (Å²) in [6.45, 7) is 5.23. The van der Waals surface area contributed by atoms with Crippen LogP contribution in [0.5, 0.6) is 0 Å². The number of likely N-dealkylation sites (tertiary alicyclic amines) is 1. The van der Waals surface area contributed by atoms with Crippen molar-refractivity contribution in [3.05, 3.63) is 0 Å². The summed E-state index contributed by atoms with van der Waals surface area (Å²) in [6.07, 6.45) is 4.82. The van der Waals surface area contributed by atoms with Crippen LogP contribution < -0.4 is 5.73 Å². The molecule has 2 aliphatic rings. The molecule has 0 aromatic heterocycles. The van der Waals surface area contributed by atoms with E-state index in [2.05, 4.69) is 0 Å². The summed E-state index contributed by atoms with van der Waals surface area (Å²) in [5.74, 6) is 0.0955. The molecule has 2 saturated heterocycles. The molecule has 0 bridgehead atoms. The van der Waals surface area contributed by atoms with Gasteiger partial charge in [0.25, 0.3) is 5.91 Å². The lowest BCUT2D eigenvalue weighted by Gasteiger charge is -2.39. The summed E-state index contributed by atoms with van der Waals surface area (Å²) in [5.41, 5.74) is 5.37. The van der Waals surface area contributed by atoms with E-state index in [0.29, 0.717) is 13.2 Å². The van der Waals surface area contributed by atoms with Gasteiger partial charge in [-0.2, -0.15) is 0 Å². The number of hydrogen-bond acceptors (Lipinski definition) is 4. The van der Waals surface area contributed by atoms with Crippen LogP contribution in [0.1, 0.15) is 39.0 Å². The van der Waals surface area contributed by atoms with Gasteiger partial charge in [-0.1, -0.05) is 0 Å². The number of carbonyl (C=O) groups is 1. The van der Waals surface area contributed by atoms with Gasteiger partial charge in [0.15, 0.2) is 0 Å². The molecule has 2 heterocycles. The highest BCUT2D eigenvalue weighted by atomic mass is 16.6. The molecule has 2 fully saturated rings. The van der Waals surface area contributed by atoms with Crippen LogP contribution in [0.25, 0.3) is 0 Å². The quantitative estimate of drug-likeness (QED) is 0.825. The largest absolute Gasteiger partial charge is 0.378 e. The van der Waals surface area contributed by atoms with Crippen molar-refractivity contribution >= 4 is 5.91 Å². The second-order valence-corrected chi connectivity index (χ2v) is 5.69. The van der Waals surface area contributed by atoms with Crippen LogP contribution in [0.2, 0.25) is 0 Å². The highest BCUT2D eigenvalue weighted by Crippen LogP contribution is 2.25. The molecular formula is C14H26N2O3. The smallest absolute Gasteiger partial charge is 0.251 e. The topological polar surface area (TPSA) is 64.8 Å². The van der Waals surface area contributed by atoms with E-state index < -0.39 is 11.7 Å². The monoisotopic (exact) mass is 270 g/mol. The molecule has 0 aromatic rings. The first-order valence-corrected chi connectivity index (χ1v) is 7.41. The van der Waals surface area contributed by atoms with E-state index in [9.17, 15) is 4.79 Å². The van der Waals surface area contributed by atoms with Gasteiger partial charge in [-0.15, -0.1) is 0 Å². The molecule has 0 saturated carbocycles. The van der Waals surface area contributed by atoms with Crippen molar-refractivity contribution in [3.63, 3.8) is 0 Å². The highest BCUT2D eigenvalue weighted by Gasteiger charge is 2.37. The normalized spacial score (nSPS) is 30.1. The number of amides is 1. The first-order chi connectivity index (χ1) is 9.17. The van der Waals surface area contributed by atoms with Gasteiger partial charge in [0.05, 0.1) is 6.61 Å². The Morgan fingerprint density at radius 2 is 2.11 bits per heavy atom. The zero-order valence-electron chi connectivity index (χ0n) is 11.9. The first-order valence-electron chi connectivity index (χ1n) is 7.41. The Balaban J connectivity index is 1.90. The van der Waals surface area contributed by atoms with Crippen LogP contribution in [0.15, 0.2) is 0 Å². The van der Waals surface area contributed by atoms with E-state index in [-0.39, 0.29) is 5.91 Å². The zero-order valence-corrected chi connectivity index (χ0v) is 11.9. The maximum absolute atomic E-state index is 12.3. The standard InChI is InChI=1S/C14H26N2O3/c1-12(13(17)16-7-3-2-4-8-16)19-14(10-15)6-5-9-18-11-14/h12H,2-11,15H2,1H3. The molecule has 1 amide bonds. The lowest BCUT2D eigenvalue weighted by Crippen LogP contribution is -2.53. The molecule has 5 heteroatoms. The molecule has 19 heavy (non-hydrogen) atoms. The molecule has 2 N–H and O–H groups in total. The number of nitrogens with two attached hydrogens (primary N) is 1. The predicted molar refractivity (Wildman–Crippen MR) is 72.8 cm³/mol. The second-order valence-electron chi connectivity index (χ2n) is 5.69. The van der Waals surface area contributed by atoms with Gasteiger partial charge in [0.1, 0.15) is 11.7 Å². The zero-order chi connectivity index (χ0) is 13.7. The van der Waals surface area contributed by atoms with Crippen LogP contribution in [0.3, 0.4) is 0 Å². The fourth-order valence-electron chi connectivity index (χ4n) is 2.93. The van der Waals surface area contributed by atoms with Crippen molar-refractivity contribution < 1.29 is 14.3 Å². The maximum Gasteiger partial charge on any atom is 0.251 e. The fraction of sp³-hybridized carbons (Fsp3) is 0.929. The lowest BCUT2D eigenvalue weighted by atomic mass is 9.96. The molecule has 0 radical (unpaired) electrons. The van der Waals surface area contributed by atoms with Crippen molar-refractivity contribution in [3.8, 4) is 0 Å². The Morgan fingerprint density at radius 1 is 1.37 bits per heavy atom. The van der Waals surface area contributed by atoms with Crippen molar-refractivity contribution in [1.82, 2.24) is 4.90 Å². The van der Waals surface area contributed by atoms with Gasteiger partial charge < -0.3 is 20.1 Å². The lowest BCUT2D eigenvalue weighted by molar-refractivity contribution is -0.173. The average molecular weight is 270 g/mol. The number of ether oxygens (including phenoxy) is 2. The van der Waals surface area contributed by atoms with Crippen LogP contribution >= 0.6 is 0 Å². The van der Waals surface area contributed by atoms with Crippen LogP contribution in [0.4, 0.5) is 0 Å². The minimum absolute atomic E-state index is 0.0955. The highest BCUT2D eigenvalue weighted by molar-refractivity contribution is 5.80. The van der Waals surface area contributed by atoms with Crippen LogP contribution in [-0.2, 0) is 14.3 Å². The van der Waals surface area contributed by atoms with Crippen LogP contribution in [0, 0.1) is 0 Å². The summed E-state index contributed by atoms with van der Waals surface area (Å²) in [7, 11) is 0. The van der Waals surface area contributed by atoms with Crippen molar-refractivity contribution in [2.45, 2.75) is 50.7 Å². The molecule has 0 spiro atoms. The Labute approximate surface area is 115 Å². The van der Waals surface area contributed by atoms with Crippen LogP contribution in [-0.4, -0.2) is 55.4 Å². The van der Waals surface area contributed by atoms with Gasteiger partial charge >= 0.3 is 0 Å². The van der Waals surface area contributed by atoms with Gasteiger partial charge in [-0.25, -0.2) is 0 Å². The predicted octanol–water partition coefficient (Wildman–Crippen LogP) is 0.912. The Hall–Kier alpha value is -0.650. The third kappa shape index (κ3) is 3.68. The summed E-state index contributed by atoms with van der Waals surface area (Å²) < 4.78 is 11.5. The molecule has 2 atom stereocenters. The summed E-state index contributed by atoms with van der Waals surface area (Å²) in [5, 5.41) is 0. The maximum atomic E-state index is 12.3. The molecule has 2 aliphatic heterocycles. The van der Waals surface area contributed by atoms with Crippen molar-refractivity contribution in [2.75, 3.05) is 32.8 Å². The second kappa shape index (κ2) is 6.68. The van der Waals surface area contributed by atoms with E-state index in [1.165, 1.54) is 6.42 Å². The third-order valence-corrected chi connectivity index (χ3v) is 4.10. The number of carbonyl (C=O) groups excluding carboxylic acids is 1. The van der Waals surface area contributed by atoms with Crippen molar-refractivity contribution in [2.24, 2.45) is 5.73 Å². The molecule has 2 unspecified atom stereocenters. The Kier molecular flexibility index (Phi) is 5.19. The molecule has 110 valence electrons. The van der Waals surface area contributed by atoms with E-state index >= 15 is 0 Å². The van der Waals surface area contributed by atoms with Crippen molar-refractivity contribution in [1.29, 1.82) is 0 Å². The minimum Gasteiger partial charge on any atom is -0.378 e. The summed E-state index contributed by atoms with van der Waals surface area (Å²) >= 11 is 0. The summed E-state index contributed by atoms with van der Waals surface area (Å²) in [4.78, 5) is 14.3. The SMILES string of the molecule is CC(OC1(CN)CCCOC1)C(=O)N1CCCCC1. The van der Waals surface area contributed by atoms with E-state index in [0.717, 1.165) is 45.4 Å². The Bertz CT molecular complexity index is 297. The number of piperidine rings is 1. The fourth-order valence-corrected chi connectivity index (χ4v) is 2.93. The molecular weight excluding hydrogens is 244 g/mol. The van der Waals surface area contributed by atoms with E-state index in [4.69, 9.17) is 15.2 Å². The molecule has 2 rings (SSSR count). The summed E-state index contributed by atoms with van der Waals surface area (Å²) in [6, 6.07) is 0. The third-order valence-electron chi connectivity index (χ3n) is 4.10. The average Bonchev–Trinajstić information content (AvgIpc) is 2.48. The van der Waals surface area contributed by atoms with E-state index in [1.807, 2.05) is 11.8 Å². The number of nitrogens with zero attached hydrogens (tertiary/aromatic N) is 1. The number of hydrogen-bond donors (Lipinski definition) is 1. The first kappa shape index (κ1) is 14.8. The number of rotatable bonds is 4.